The molecular formula is C16H20F3N3O2. The number of nitrogens with one attached hydrogen (secondary N) is 2. The standard InChI is InChI=1S/C16H20F3N3O2/c1-11(23)12-4-2-3-5-13(12)15(24)21-10-14(16(17,18)19)22-8-6-20-7-9-22/h2-5,14,20H,6-10H2,1H3,(H,21,24). The lowest BCUT2D eigenvalue weighted by Gasteiger charge is -2.35. The lowest BCUT2D eigenvalue weighted by molar-refractivity contribution is -0.183. The lowest BCUT2D eigenvalue weighted by atomic mass is 10.0. The number of rotatable bonds is 5. The predicted molar refractivity (Wildman–Crippen MR) is 83.1 cm³/mol. The van der Waals surface area contributed by atoms with E-state index in [9.17, 15) is 22.8 Å². The Morgan fingerprint density at radius 3 is 2.33 bits per heavy atom. The molecule has 0 aromatic heterocycles. The van der Waals surface area contributed by atoms with Gasteiger partial charge >= 0.3 is 6.18 Å². The lowest BCUT2D eigenvalue weighted by Crippen LogP contribution is -2.57. The molecule has 1 aliphatic heterocycles. The summed E-state index contributed by atoms with van der Waals surface area (Å²) in [5.74, 6) is -0.986. The molecule has 0 bridgehead atoms. The number of piperazine rings is 1. The van der Waals surface area contributed by atoms with Gasteiger partial charge in [0.25, 0.3) is 5.91 Å². The number of ketones is 1. The van der Waals surface area contributed by atoms with Crippen molar-refractivity contribution >= 4 is 11.7 Å². The predicted octanol–water partition coefficient (Wildman–Crippen LogP) is 1.46. The highest BCUT2D eigenvalue weighted by Crippen LogP contribution is 2.25. The number of hydrogen-bond donors (Lipinski definition) is 2. The quantitative estimate of drug-likeness (QED) is 0.795. The Balaban J connectivity index is 2.09. The molecule has 1 atom stereocenters. The Hall–Kier alpha value is -1.93. The van der Waals surface area contributed by atoms with Crippen molar-refractivity contribution in [3.8, 4) is 0 Å². The van der Waals surface area contributed by atoms with Crippen LogP contribution in [0.3, 0.4) is 0 Å². The minimum atomic E-state index is -4.44. The zero-order valence-corrected chi connectivity index (χ0v) is 13.3. The molecule has 1 amide bonds. The third-order valence-corrected chi connectivity index (χ3v) is 3.98. The molecule has 0 saturated carbocycles. The monoisotopic (exact) mass is 343 g/mol. The van der Waals surface area contributed by atoms with E-state index in [-0.39, 0.29) is 30.0 Å². The van der Waals surface area contributed by atoms with Crippen LogP contribution < -0.4 is 10.6 Å². The van der Waals surface area contributed by atoms with Crippen LogP contribution in [-0.2, 0) is 0 Å². The molecule has 8 heteroatoms. The molecule has 5 nitrogen and oxygen atoms in total. The fourth-order valence-electron chi connectivity index (χ4n) is 2.72. The van der Waals surface area contributed by atoms with E-state index in [0.29, 0.717) is 13.1 Å². The van der Waals surface area contributed by atoms with Crippen molar-refractivity contribution in [1.82, 2.24) is 15.5 Å². The first-order chi connectivity index (χ1) is 11.3. The van der Waals surface area contributed by atoms with Gasteiger partial charge in [0, 0.05) is 38.3 Å². The summed E-state index contributed by atoms with van der Waals surface area (Å²) >= 11 is 0. The summed E-state index contributed by atoms with van der Waals surface area (Å²) < 4.78 is 39.9. The zero-order valence-electron chi connectivity index (χ0n) is 13.3. The average Bonchev–Trinajstić information content (AvgIpc) is 2.54. The van der Waals surface area contributed by atoms with Crippen LogP contribution >= 0.6 is 0 Å². The van der Waals surface area contributed by atoms with Gasteiger partial charge in [-0.25, -0.2) is 0 Å². The molecule has 132 valence electrons. The van der Waals surface area contributed by atoms with Gasteiger partial charge in [-0.1, -0.05) is 18.2 Å². The van der Waals surface area contributed by atoms with Crippen LogP contribution in [0.1, 0.15) is 27.6 Å². The van der Waals surface area contributed by atoms with Crippen LogP contribution in [0.4, 0.5) is 13.2 Å². The molecule has 24 heavy (non-hydrogen) atoms. The molecule has 2 rings (SSSR count). The van der Waals surface area contributed by atoms with E-state index < -0.39 is 24.7 Å². The van der Waals surface area contributed by atoms with Crippen molar-refractivity contribution in [1.29, 1.82) is 0 Å². The van der Waals surface area contributed by atoms with Gasteiger partial charge in [0.1, 0.15) is 6.04 Å². The molecule has 0 aliphatic carbocycles. The summed E-state index contributed by atoms with van der Waals surface area (Å²) in [6.45, 7) is 2.26. The zero-order chi connectivity index (χ0) is 17.7. The van der Waals surface area contributed by atoms with Gasteiger partial charge < -0.3 is 10.6 Å². The Bertz CT molecular complexity index is 598. The van der Waals surface area contributed by atoms with Crippen LogP contribution in [0.15, 0.2) is 24.3 Å². The maximum absolute atomic E-state index is 13.3. The topological polar surface area (TPSA) is 61.4 Å². The molecule has 1 fully saturated rings. The van der Waals surface area contributed by atoms with Crippen LogP contribution in [0.25, 0.3) is 0 Å². The third kappa shape index (κ3) is 4.55. The molecule has 1 saturated heterocycles. The van der Waals surface area contributed by atoms with Gasteiger partial charge in [0.2, 0.25) is 0 Å². The van der Waals surface area contributed by atoms with Gasteiger partial charge in [0.15, 0.2) is 5.78 Å². The number of amides is 1. The smallest absolute Gasteiger partial charge is 0.350 e. The van der Waals surface area contributed by atoms with E-state index in [0.717, 1.165) is 0 Å². The van der Waals surface area contributed by atoms with Crippen molar-refractivity contribution in [3.05, 3.63) is 35.4 Å². The first kappa shape index (κ1) is 18.4. The molecule has 1 aromatic carbocycles. The summed E-state index contributed by atoms with van der Waals surface area (Å²) in [6, 6.07) is 4.34. The molecule has 2 N–H and O–H groups in total. The van der Waals surface area contributed by atoms with Gasteiger partial charge in [-0.3, -0.25) is 14.5 Å². The third-order valence-electron chi connectivity index (χ3n) is 3.98. The first-order valence-corrected chi connectivity index (χ1v) is 7.70. The van der Waals surface area contributed by atoms with Gasteiger partial charge in [-0.05, 0) is 13.0 Å². The second kappa shape index (κ2) is 7.76. The summed E-state index contributed by atoms with van der Waals surface area (Å²) in [5, 5.41) is 5.32. The Morgan fingerprint density at radius 1 is 1.21 bits per heavy atom. The summed E-state index contributed by atoms with van der Waals surface area (Å²) in [6.07, 6.45) is -4.44. The number of hydrogen-bond acceptors (Lipinski definition) is 4. The SMILES string of the molecule is CC(=O)c1ccccc1C(=O)NCC(N1CCNCC1)C(F)(F)F. The first-order valence-electron chi connectivity index (χ1n) is 7.70. The molecule has 0 radical (unpaired) electrons. The van der Waals surface area contributed by atoms with E-state index in [1.165, 1.54) is 24.0 Å². The second-order valence-electron chi connectivity index (χ2n) is 5.66. The normalized spacial score (nSPS) is 17.3. The minimum absolute atomic E-state index is 0.0891. The number of nitrogens with zero attached hydrogens (tertiary/aromatic N) is 1. The van der Waals surface area contributed by atoms with E-state index in [4.69, 9.17) is 0 Å². The fourth-order valence-corrected chi connectivity index (χ4v) is 2.72. The number of carbonyl (C=O) groups excluding carboxylic acids is 2. The minimum Gasteiger partial charge on any atom is -0.350 e. The summed E-state index contributed by atoms with van der Waals surface area (Å²) in [5.41, 5.74) is 0.284. The highest BCUT2D eigenvalue weighted by molar-refractivity contribution is 6.07. The van der Waals surface area contributed by atoms with Crippen LogP contribution in [-0.4, -0.2) is 61.5 Å². The Kier molecular flexibility index (Phi) is 5.95. The summed E-state index contributed by atoms with van der Waals surface area (Å²) in [4.78, 5) is 25.1. The fraction of sp³-hybridized carbons (Fsp3) is 0.500. The van der Waals surface area contributed by atoms with E-state index in [1.807, 2.05) is 0 Å². The molecular weight excluding hydrogens is 323 g/mol. The number of benzene rings is 1. The van der Waals surface area contributed by atoms with E-state index >= 15 is 0 Å². The van der Waals surface area contributed by atoms with Crippen LogP contribution in [0, 0.1) is 0 Å². The second-order valence-corrected chi connectivity index (χ2v) is 5.66. The van der Waals surface area contributed by atoms with Gasteiger partial charge in [-0.15, -0.1) is 0 Å². The van der Waals surface area contributed by atoms with Gasteiger partial charge in [-0.2, -0.15) is 13.2 Å². The van der Waals surface area contributed by atoms with E-state index in [2.05, 4.69) is 10.6 Å². The van der Waals surface area contributed by atoms with Crippen molar-refractivity contribution in [2.45, 2.75) is 19.1 Å². The van der Waals surface area contributed by atoms with Gasteiger partial charge in [0.05, 0.1) is 5.56 Å². The van der Waals surface area contributed by atoms with Crippen molar-refractivity contribution < 1.29 is 22.8 Å². The molecule has 0 spiro atoms. The molecule has 1 unspecified atom stereocenters. The number of alkyl halides is 3. The summed E-state index contributed by atoms with van der Waals surface area (Å²) in [7, 11) is 0. The number of carbonyl (C=O) groups is 2. The number of halogens is 3. The van der Waals surface area contributed by atoms with Crippen LogP contribution in [0.5, 0.6) is 0 Å². The van der Waals surface area contributed by atoms with Crippen LogP contribution in [0.2, 0.25) is 0 Å². The highest BCUT2D eigenvalue weighted by atomic mass is 19.4. The van der Waals surface area contributed by atoms with Crippen molar-refractivity contribution in [3.63, 3.8) is 0 Å². The van der Waals surface area contributed by atoms with E-state index in [1.54, 1.807) is 12.1 Å². The molecule has 1 heterocycles. The maximum atomic E-state index is 13.3. The molecule has 1 aliphatic rings. The Labute approximate surface area is 138 Å². The highest BCUT2D eigenvalue weighted by Gasteiger charge is 2.43. The largest absolute Gasteiger partial charge is 0.405 e. The van der Waals surface area contributed by atoms with Crippen molar-refractivity contribution in [2.24, 2.45) is 0 Å². The average molecular weight is 343 g/mol. The maximum Gasteiger partial charge on any atom is 0.405 e. The Morgan fingerprint density at radius 2 is 1.79 bits per heavy atom. The molecule has 1 aromatic rings. The number of Topliss-reactive ketones (excluding diaryl/α,β-unsaturated/α-hetero) is 1. The van der Waals surface area contributed by atoms with Crippen molar-refractivity contribution in [2.75, 3.05) is 32.7 Å².